The van der Waals surface area contributed by atoms with Gasteiger partial charge in [-0.2, -0.15) is 0 Å². The van der Waals surface area contributed by atoms with E-state index in [4.69, 9.17) is 4.74 Å². The third kappa shape index (κ3) is 5.17. The lowest BCUT2D eigenvalue weighted by Crippen LogP contribution is -2.21. The zero-order chi connectivity index (χ0) is 21.0. The van der Waals surface area contributed by atoms with E-state index in [2.05, 4.69) is 24.5 Å². The average Bonchev–Trinajstić information content (AvgIpc) is 3.50. The van der Waals surface area contributed by atoms with Crippen LogP contribution in [0.15, 0.2) is 42.5 Å². The van der Waals surface area contributed by atoms with Gasteiger partial charge in [-0.1, -0.05) is 32.0 Å². The maximum atomic E-state index is 12.7. The number of anilines is 2. The summed E-state index contributed by atoms with van der Waals surface area (Å²) in [4.78, 5) is 25.2. The van der Waals surface area contributed by atoms with Gasteiger partial charge in [0.05, 0.1) is 17.9 Å². The van der Waals surface area contributed by atoms with E-state index in [0.717, 1.165) is 35.4 Å². The van der Waals surface area contributed by atoms with E-state index in [1.54, 1.807) is 0 Å². The maximum Gasteiger partial charge on any atom is 0.228 e. The molecule has 1 saturated carbocycles. The van der Waals surface area contributed by atoms with Crippen LogP contribution in [0.2, 0.25) is 0 Å². The van der Waals surface area contributed by atoms with Gasteiger partial charge < -0.3 is 15.4 Å². The van der Waals surface area contributed by atoms with Crippen LogP contribution in [0.25, 0.3) is 0 Å². The fraction of sp³-hybridized carbons (Fsp3) is 0.417. The summed E-state index contributed by atoms with van der Waals surface area (Å²) in [5.74, 6) is 0.0419. The second kappa shape index (κ2) is 9.12. The lowest BCUT2D eigenvalue weighted by molar-refractivity contribution is -0.122. The molecule has 5 heteroatoms. The monoisotopic (exact) mass is 394 g/mol. The largest absolute Gasteiger partial charge is 0.491 e. The highest BCUT2D eigenvalue weighted by Gasteiger charge is 2.48. The Kier molecular flexibility index (Phi) is 6.57. The lowest BCUT2D eigenvalue weighted by atomic mass is 10.0. The van der Waals surface area contributed by atoms with E-state index in [0.29, 0.717) is 12.1 Å². The number of aryl methyl sites for hydroxylation is 2. The minimum absolute atomic E-state index is 0.0681. The highest BCUT2D eigenvalue weighted by Crippen LogP contribution is 2.41. The Labute approximate surface area is 172 Å². The van der Waals surface area contributed by atoms with Crippen molar-refractivity contribution in [2.45, 2.75) is 53.1 Å². The summed E-state index contributed by atoms with van der Waals surface area (Å²) in [6.45, 7) is 8.09. The van der Waals surface area contributed by atoms with Gasteiger partial charge in [-0.05, 0) is 68.5 Å². The number of ether oxygens (including phenoxy) is 1. The topological polar surface area (TPSA) is 67.4 Å². The van der Waals surface area contributed by atoms with Gasteiger partial charge in [0.2, 0.25) is 11.8 Å². The van der Waals surface area contributed by atoms with Crippen molar-refractivity contribution >= 4 is 23.2 Å². The predicted molar refractivity (Wildman–Crippen MR) is 116 cm³/mol. The molecular formula is C24H30N2O3. The number of nitrogens with one attached hydrogen (secondary N) is 2. The Balaban J connectivity index is 1.58. The molecule has 2 unspecified atom stereocenters. The molecule has 0 spiro atoms. The van der Waals surface area contributed by atoms with Crippen molar-refractivity contribution < 1.29 is 14.3 Å². The van der Waals surface area contributed by atoms with Crippen LogP contribution in [0.4, 0.5) is 11.4 Å². The fourth-order valence-electron chi connectivity index (χ4n) is 3.52. The van der Waals surface area contributed by atoms with Gasteiger partial charge in [-0.3, -0.25) is 9.59 Å². The van der Waals surface area contributed by atoms with Gasteiger partial charge in [0.1, 0.15) is 5.75 Å². The first kappa shape index (κ1) is 20.9. The summed E-state index contributed by atoms with van der Waals surface area (Å²) >= 11 is 0. The first-order chi connectivity index (χ1) is 13.9. The zero-order valence-corrected chi connectivity index (χ0v) is 17.6. The molecule has 1 aliphatic rings. The number of amides is 2. The molecule has 0 radical (unpaired) electrons. The Morgan fingerprint density at radius 1 is 0.931 bits per heavy atom. The molecule has 1 fully saturated rings. The molecule has 5 nitrogen and oxygen atoms in total. The first-order valence-electron chi connectivity index (χ1n) is 10.4. The molecule has 2 atom stereocenters. The number of rotatable bonds is 8. The summed E-state index contributed by atoms with van der Waals surface area (Å²) in [6, 6.07) is 13.4. The molecule has 29 heavy (non-hydrogen) atoms. The van der Waals surface area contributed by atoms with Crippen LogP contribution in [0, 0.1) is 11.8 Å². The molecule has 0 heterocycles. The van der Waals surface area contributed by atoms with Crippen LogP contribution >= 0.6 is 0 Å². The summed E-state index contributed by atoms with van der Waals surface area (Å²) in [5.41, 5.74) is 3.88. The normalized spacial score (nSPS) is 17.7. The summed E-state index contributed by atoms with van der Waals surface area (Å²) in [6.07, 6.45) is 2.40. The van der Waals surface area contributed by atoms with Crippen LogP contribution in [0.5, 0.6) is 5.75 Å². The Hall–Kier alpha value is -2.82. The van der Waals surface area contributed by atoms with E-state index in [1.807, 2.05) is 56.3 Å². The zero-order valence-electron chi connectivity index (χ0n) is 17.6. The molecule has 3 rings (SSSR count). The van der Waals surface area contributed by atoms with Gasteiger partial charge in [0.15, 0.2) is 0 Å². The van der Waals surface area contributed by atoms with Gasteiger partial charge in [0.25, 0.3) is 0 Å². The van der Waals surface area contributed by atoms with Gasteiger partial charge >= 0.3 is 0 Å². The minimum atomic E-state index is -0.277. The maximum absolute atomic E-state index is 12.7. The van der Waals surface area contributed by atoms with E-state index >= 15 is 0 Å². The van der Waals surface area contributed by atoms with Gasteiger partial charge in [-0.15, -0.1) is 0 Å². The Morgan fingerprint density at radius 3 is 2.00 bits per heavy atom. The van der Waals surface area contributed by atoms with Crippen LogP contribution in [-0.2, 0) is 22.4 Å². The molecular weight excluding hydrogens is 364 g/mol. The average molecular weight is 395 g/mol. The molecule has 0 aliphatic heterocycles. The Bertz CT molecular complexity index is 852. The summed E-state index contributed by atoms with van der Waals surface area (Å²) < 4.78 is 5.61. The van der Waals surface area contributed by atoms with Crippen molar-refractivity contribution in [3.8, 4) is 5.75 Å². The van der Waals surface area contributed by atoms with Crippen molar-refractivity contribution in [1.29, 1.82) is 0 Å². The lowest BCUT2D eigenvalue weighted by Gasteiger charge is -2.14. The number of hydrogen-bond acceptors (Lipinski definition) is 3. The molecule has 2 aromatic carbocycles. The van der Waals surface area contributed by atoms with Crippen molar-refractivity contribution in [2.24, 2.45) is 11.8 Å². The summed E-state index contributed by atoms with van der Waals surface area (Å²) in [5, 5.41) is 5.99. The fourth-order valence-corrected chi connectivity index (χ4v) is 3.52. The highest BCUT2D eigenvalue weighted by atomic mass is 16.5. The quantitative estimate of drug-likeness (QED) is 0.675. The smallest absolute Gasteiger partial charge is 0.228 e. The molecule has 0 bridgehead atoms. The van der Waals surface area contributed by atoms with E-state index in [1.165, 1.54) is 0 Å². The standard InChI is InChI=1S/C24H30N2O3/c1-5-16-8-7-9-17(6-2)22(16)26-24(28)21-14-20(21)23(27)25-18-10-12-19(13-11-18)29-15(3)4/h7-13,15,20-21H,5-6,14H2,1-4H3,(H,25,27)(H,26,28). The van der Waals surface area contributed by atoms with Crippen LogP contribution in [-0.4, -0.2) is 17.9 Å². The molecule has 2 N–H and O–H groups in total. The van der Waals surface area contributed by atoms with Crippen LogP contribution in [0.1, 0.15) is 45.2 Å². The number of carbonyl (C=O) groups excluding carboxylic acids is 2. The number of benzene rings is 2. The Morgan fingerprint density at radius 2 is 1.48 bits per heavy atom. The first-order valence-corrected chi connectivity index (χ1v) is 10.4. The van der Waals surface area contributed by atoms with Gasteiger partial charge in [-0.25, -0.2) is 0 Å². The number of carbonyl (C=O) groups is 2. The van der Waals surface area contributed by atoms with Crippen molar-refractivity contribution in [1.82, 2.24) is 0 Å². The summed E-state index contributed by atoms with van der Waals surface area (Å²) in [7, 11) is 0. The highest BCUT2D eigenvalue weighted by molar-refractivity contribution is 6.03. The van der Waals surface area contributed by atoms with Crippen molar-refractivity contribution in [3.63, 3.8) is 0 Å². The predicted octanol–water partition coefficient (Wildman–Crippen LogP) is 4.81. The molecule has 1 aliphatic carbocycles. The second-order valence-corrected chi connectivity index (χ2v) is 7.78. The number of hydrogen-bond donors (Lipinski definition) is 2. The van der Waals surface area contributed by atoms with E-state index < -0.39 is 0 Å². The van der Waals surface area contributed by atoms with Crippen LogP contribution in [0.3, 0.4) is 0 Å². The number of para-hydroxylation sites is 1. The molecule has 0 aromatic heterocycles. The molecule has 0 saturated heterocycles. The van der Waals surface area contributed by atoms with E-state index in [-0.39, 0.29) is 29.8 Å². The third-order valence-electron chi connectivity index (χ3n) is 5.20. The van der Waals surface area contributed by atoms with Crippen LogP contribution < -0.4 is 15.4 Å². The minimum Gasteiger partial charge on any atom is -0.491 e. The molecule has 2 aromatic rings. The van der Waals surface area contributed by atoms with Crippen molar-refractivity contribution in [2.75, 3.05) is 10.6 Å². The third-order valence-corrected chi connectivity index (χ3v) is 5.20. The molecule has 154 valence electrons. The second-order valence-electron chi connectivity index (χ2n) is 7.78. The van der Waals surface area contributed by atoms with Crippen molar-refractivity contribution in [3.05, 3.63) is 53.6 Å². The molecule has 2 amide bonds. The van der Waals surface area contributed by atoms with E-state index in [9.17, 15) is 9.59 Å². The van der Waals surface area contributed by atoms with Gasteiger partial charge in [0, 0.05) is 11.4 Å². The SMILES string of the molecule is CCc1cccc(CC)c1NC(=O)C1CC1C(=O)Nc1ccc(OC(C)C)cc1.